The summed E-state index contributed by atoms with van der Waals surface area (Å²) >= 11 is 0. The quantitative estimate of drug-likeness (QED) is 0.237. The topological polar surface area (TPSA) is 43.4 Å². The van der Waals surface area contributed by atoms with E-state index in [-0.39, 0.29) is 0 Å². The molecule has 0 N–H and O–H groups in total. The van der Waals surface area contributed by atoms with Gasteiger partial charge in [-0.1, -0.05) is 76.2 Å². The van der Waals surface area contributed by atoms with Crippen LogP contribution in [0.15, 0.2) is 72.8 Å². The lowest BCUT2D eigenvalue weighted by Crippen LogP contribution is -2.22. The summed E-state index contributed by atoms with van der Waals surface area (Å²) in [6.45, 7) is 11.8. The Morgan fingerprint density at radius 1 is 0.444 bits per heavy atom. The molecule has 0 unspecified atom stereocenters. The first-order chi connectivity index (χ1) is 17.7. The molecule has 188 valence electrons. The minimum atomic E-state index is -1.41. The third-order valence-electron chi connectivity index (χ3n) is 6.31. The maximum atomic E-state index is 6.67. The molecule has 4 aromatic rings. The Morgan fingerprint density at radius 3 is 0.917 bits per heavy atom. The van der Waals surface area contributed by atoms with E-state index < -0.39 is 17.1 Å². The average Bonchev–Trinajstić information content (AvgIpc) is 2.90. The number of hydrogen-bond acceptors (Lipinski definition) is 6. The summed E-state index contributed by atoms with van der Waals surface area (Å²) in [5.41, 5.74) is 0. The number of benzene rings is 4. The zero-order valence-corrected chi connectivity index (χ0v) is 23.0. The van der Waals surface area contributed by atoms with Gasteiger partial charge in [0.1, 0.15) is 23.0 Å². The van der Waals surface area contributed by atoms with Gasteiger partial charge in [-0.3, -0.25) is 0 Å². The van der Waals surface area contributed by atoms with Crippen molar-refractivity contribution < 1.29 is 18.1 Å². The molecule has 0 saturated carbocycles. The standard InChI is InChI=1S/C28H32N2O4P2/c1-5-29(6-2)35-31-25-17-9-15-23-21(25)13-11-19-27(23)33-36(30(7-3)8-4)34-28-20-12-14-22-24(28)16-10-18-26(22)32-35/h9-20H,5-8H2,1-4H3. The zero-order valence-electron chi connectivity index (χ0n) is 21.2. The second kappa shape index (κ2) is 11.2. The maximum absolute atomic E-state index is 6.67. The van der Waals surface area contributed by atoms with E-state index in [2.05, 4.69) is 61.3 Å². The van der Waals surface area contributed by atoms with Crippen LogP contribution in [0.2, 0.25) is 0 Å². The van der Waals surface area contributed by atoms with Crippen LogP contribution >= 0.6 is 17.1 Å². The minimum Gasteiger partial charge on any atom is -0.426 e. The fraction of sp³-hybridized carbons (Fsp3) is 0.286. The van der Waals surface area contributed by atoms with Crippen LogP contribution < -0.4 is 18.1 Å². The molecule has 1 aliphatic rings. The molecule has 1 aliphatic heterocycles. The molecule has 4 aromatic carbocycles. The van der Waals surface area contributed by atoms with E-state index in [1.54, 1.807) is 0 Å². The Labute approximate surface area is 215 Å². The summed E-state index contributed by atoms with van der Waals surface area (Å²) in [6.07, 6.45) is 0. The van der Waals surface area contributed by atoms with Gasteiger partial charge >= 0.3 is 17.1 Å². The predicted molar refractivity (Wildman–Crippen MR) is 150 cm³/mol. The van der Waals surface area contributed by atoms with E-state index in [0.717, 1.165) is 70.7 Å². The summed E-state index contributed by atoms with van der Waals surface area (Å²) in [7, 11) is -2.81. The minimum absolute atomic E-state index is 0.780. The molecule has 36 heavy (non-hydrogen) atoms. The highest BCUT2D eigenvalue weighted by atomic mass is 31.2. The van der Waals surface area contributed by atoms with Gasteiger partial charge in [0.05, 0.1) is 0 Å². The second-order valence-electron chi connectivity index (χ2n) is 8.33. The monoisotopic (exact) mass is 522 g/mol. The molecule has 0 aromatic heterocycles. The fourth-order valence-corrected chi connectivity index (χ4v) is 7.11. The molecule has 6 nitrogen and oxygen atoms in total. The molecular weight excluding hydrogens is 490 g/mol. The van der Waals surface area contributed by atoms with Gasteiger partial charge < -0.3 is 18.1 Å². The Bertz CT molecular complexity index is 1150. The number of nitrogens with zero attached hydrogens (tertiary/aromatic N) is 2. The Hall–Kier alpha value is -2.62. The van der Waals surface area contributed by atoms with Gasteiger partial charge in [0.25, 0.3) is 0 Å². The largest absolute Gasteiger partial charge is 0.426 e. The van der Waals surface area contributed by atoms with Crippen LogP contribution in [-0.2, 0) is 0 Å². The lowest BCUT2D eigenvalue weighted by atomic mass is 10.1. The lowest BCUT2D eigenvalue weighted by Gasteiger charge is -2.30. The number of rotatable bonds is 6. The molecule has 0 aliphatic carbocycles. The van der Waals surface area contributed by atoms with Crippen LogP contribution in [0.3, 0.4) is 0 Å². The highest BCUT2D eigenvalue weighted by molar-refractivity contribution is 7.45. The van der Waals surface area contributed by atoms with E-state index >= 15 is 0 Å². The maximum Gasteiger partial charge on any atom is 0.384 e. The molecular formula is C28H32N2O4P2. The van der Waals surface area contributed by atoms with E-state index in [1.807, 2.05) is 48.5 Å². The summed E-state index contributed by atoms with van der Waals surface area (Å²) in [4.78, 5) is 0. The third kappa shape index (κ3) is 4.84. The van der Waals surface area contributed by atoms with Gasteiger partial charge in [-0.05, 0) is 24.3 Å². The third-order valence-corrected chi connectivity index (χ3v) is 9.78. The Morgan fingerprint density at radius 2 is 0.694 bits per heavy atom. The van der Waals surface area contributed by atoms with Gasteiger partial charge in [0.2, 0.25) is 0 Å². The van der Waals surface area contributed by atoms with E-state index in [4.69, 9.17) is 18.1 Å². The van der Waals surface area contributed by atoms with Crippen molar-refractivity contribution in [1.82, 2.24) is 9.34 Å². The molecule has 8 heteroatoms. The van der Waals surface area contributed by atoms with Crippen LogP contribution in [0.4, 0.5) is 0 Å². The van der Waals surface area contributed by atoms with Gasteiger partial charge in [0, 0.05) is 47.7 Å². The summed E-state index contributed by atoms with van der Waals surface area (Å²) in [5, 5.41) is 3.95. The second-order valence-corrected chi connectivity index (χ2v) is 11.1. The summed E-state index contributed by atoms with van der Waals surface area (Å²) < 4.78 is 31.1. The molecule has 8 bridgehead atoms. The van der Waals surface area contributed by atoms with Crippen LogP contribution in [-0.4, -0.2) is 35.5 Å². The summed E-state index contributed by atoms with van der Waals surface area (Å²) in [5.74, 6) is 3.12. The van der Waals surface area contributed by atoms with Crippen molar-refractivity contribution in [3.05, 3.63) is 72.8 Å². The highest BCUT2D eigenvalue weighted by Crippen LogP contribution is 2.51. The average molecular weight is 523 g/mol. The first kappa shape index (κ1) is 25.0. The van der Waals surface area contributed by atoms with Crippen LogP contribution in [0.25, 0.3) is 21.5 Å². The van der Waals surface area contributed by atoms with Crippen molar-refractivity contribution in [1.29, 1.82) is 0 Å². The normalized spacial score (nSPS) is 17.6. The zero-order chi connectivity index (χ0) is 25.1. The van der Waals surface area contributed by atoms with E-state index in [9.17, 15) is 0 Å². The molecule has 0 spiro atoms. The van der Waals surface area contributed by atoms with Crippen molar-refractivity contribution >= 4 is 38.6 Å². The van der Waals surface area contributed by atoms with Crippen molar-refractivity contribution in [2.75, 3.05) is 26.2 Å². The van der Waals surface area contributed by atoms with Crippen molar-refractivity contribution in [2.24, 2.45) is 0 Å². The summed E-state index contributed by atoms with van der Waals surface area (Å²) in [6, 6.07) is 24.3. The van der Waals surface area contributed by atoms with E-state index in [0.29, 0.717) is 0 Å². The van der Waals surface area contributed by atoms with E-state index in [1.165, 1.54) is 0 Å². The molecule has 0 radical (unpaired) electrons. The smallest absolute Gasteiger partial charge is 0.384 e. The fourth-order valence-electron chi connectivity index (χ4n) is 4.34. The van der Waals surface area contributed by atoms with Crippen molar-refractivity contribution in [3.8, 4) is 23.0 Å². The van der Waals surface area contributed by atoms with Crippen molar-refractivity contribution in [3.63, 3.8) is 0 Å². The lowest BCUT2D eigenvalue weighted by molar-refractivity contribution is 0.371. The van der Waals surface area contributed by atoms with Gasteiger partial charge in [-0.2, -0.15) is 0 Å². The molecule has 0 saturated heterocycles. The van der Waals surface area contributed by atoms with Gasteiger partial charge in [0.15, 0.2) is 0 Å². The first-order valence-corrected chi connectivity index (χ1v) is 14.8. The first-order valence-electron chi connectivity index (χ1n) is 12.5. The molecule has 1 heterocycles. The molecule has 0 fully saturated rings. The SMILES string of the molecule is CCN(CC)P1Oc2cccc3c(cccc23)OP(N(CC)CC)Oc2cccc3c(cccc23)O1. The van der Waals surface area contributed by atoms with Crippen molar-refractivity contribution in [2.45, 2.75) is 27.7 Å². The molecule has 0 atom stereocenters. The highest BCUT2D eigenvalue weighted by Gasteiger charge is 2.28. The Balaban J connectivity index is 1.73. The Kier molecular flexibility index (Phi) is 7.79. The van der Waals surface area contributed by atoms with Crippen LogP contribution in [0, 0.1) is 0 Å². The number of hydrogen-bond donors (Lipinski definition) is 0. The van der Waals surface area contributed by atoms with Crippen LogP contribution in [0.5, 0.6) is 23.0 Å². The van der Waals surface area contributed by atoms with Crippen LogP contribution in [0.1, 0.15) is 27.7 Å². The van der Waals surface area contributed by atoms with Gasteiger partial charge in [-0.25, -0.2) is 9.34 Å². The molecule has 0 amide bonds. The molecule has 5 rings (SSSR count). The predicted octanol–water partition coefficient (Wildman–Crippen LogP) is 8.36. The van der Waals surface area contributed by atoms with Gasteiger partial charge in [-0.15, -0.1) is 0 Å².